The van der Waals surface area contributed by atoms with Gasteiger partial charge in [-0.05, 0) is 47.5 Å². The monoisotopic (exact) mass is 378 g/mol. The Morgan fingerprint density at radius 1 is 0.893 bits per heavy atom. The second-order valence-corrected chi connectivity index (χ2v) is 6.33. The summed E-state index contributed by atoms with van der Waals surface area (Å²) in [6.45, 7) is 1.63. The Kier molecular flexibility index (Phi) is 6.11. The molecule has 0 saturated heterocycles. The van der Waals surface area contributed by atoms with Crippen molar-refractivity contribution in [3.05, 3.63) is 72.3 Å². The third-order valence-corrected chi connectivity index (χ3v) is 4.25. The predicted octanol–water partition coefficient (Wildman–Crippen LogP) is 3.01. The molecule has 0 saturated carbocycles. The maximum absolute atomic E-state index is 12.2. The van der Waals surface area contributed by atoms with Gasteiger partial charge < -0.3 is 9.47 Å². The molecule has 1 unspecified atom stereocenters. The number of hydrazine groups is 1. The smallest absolute Gasteiger partial charge is 0.279 e. The van der Waals surface area contributed by atoms with Crippen LogP contribution in [-0.4, -0.2) is 25.0 Å². The van der Waals surface area contributed by atoms with Crippen LogP contribution in [0.4, 0.5) is 0 Å². The molecule has 2 N–H and O–H groups in total. The van der Waals surface area contributed by atoms with Gasteiger partial charge >= 0.3 is 0 Å². The molecule has 1 atom stereocenters. The van der Waals surface area contributed by atoms with Crippen molar-refractivity contribution in [2.75, 3.05) is 7.11 Å². The summed E-state index contributed by atoms with van der Waals surface area (Å²) in [6.07, 6.45) is -0.619. The predicted molar refractivity (Wildman–Crippen MR) is 107 cm³/mol. The molecule has 2 amide bonds. The molecule has 0 spiro atoms. The zero-order valence-electron chi connectivity index (χ0n) is 15.8. The highest BCUT2D eigenvalue weighted by atomic mass is 16.5. The first kappa shape index (κ1) is 19.2. The number of benzene rings is 3. The van der Waals surface area contributed by atoms with Gasteiger partial charge in [0.25, 0.3) is 5.91 Å². The Bertz CT molecular complexity index is 970. The highest BCUT2D eigenvalue weighted by Crippen LogP contribution is 2.21. The lowest BCUT2D eigenvalue weighted by Gasteiger charge is -2.15. The highest BCUT2D eigenvalue weighted by molar-refractivity contribution is 5.86. The standard InChI is InChI=1S/C22H22N2O4/c1-15(28-20-12-9-17-5-3-4-6-18(17)14-20)22(26)24-23-21(25)13-16-7-10-19(27-2)11-8-16/h3-12,14-15H,13H2,1-2H3,(H,23,25)(H,24,26). The van der Waals surface area contributed by atoms with Crippen LogP contribution in [0, 0.1) is 0 Å². The quantitative estimate of drug-likeness (QED) is 0.647. The molecule has 144 valence electrons. The molecule has 0 aliphatic carbocycles. The van der Waals surface area contributed by atoms with Crippen molar-refractivity contribution in [2.45, 2.75) is 19.4 Å². The average Bonchev–Trinajstić information content (AvgIpc) is 2.72. The van der Waals surface area contributed by atoms with E-state index >= 15 is 0 Å². The fourth-order valence-corrected chi connectivity index (χ4v) is 2.70. The maximum Gasteiger partial charge on any atom is 0.279 e. The van der Waals surface area contributed by atoms with Gasteiger partial charge in [0.1, 0.15) is 11.5 Å². The fraction of sp³-hybridized carbons (Fsp3) is 0.182. The minimum Gasteiger partial charge on any atom is -0.497 e. The number of ether oxygens (including phenoxy) is 2. The van der Waals surface area contributed by atoms with Gasteiger partial charge in [0.15, 0.2) is 6.10 Å². The lowest BCUT2D eigenvalue weighted by Crippen LogP contribution is -2.47. The number of nitrogens with one attached hydrogen (secondary N) is 2. The zero-order valence-corrected chi connectivity index (χ0v) is 15.8. The van der Waals surface area contributed by atoms with Crippen molar-refractivity contribution < 1.29 is 19.1 Å². The van der Waals surface area contributed by atoms with E-state index in [4.69, 9.17) is 9.47 Å². The molecule has 0 fully saturated rings. The topological polar surface area (TPSA) is 76.7 Å². The Balaban J connectivity index is 1.49. The van der Waals surface area contributed by atoms with Crippen molar-refractivity contribution in [2.24, 2.45) is 0 Å². The number of fused-ring (bicyclic) bond motifs is 1. The Morgan fingerprint density at radius 3 is 2.29 bits per heavy atom. The van der Waals surface area contributed by atoms with Crippen molar-refractivity contribution in [1.29, 1.82) is 0 Å². The zero-order chi connectivity index (χ0) is 19.9. The third-order valence-electron chi connectivity index (χ3n) is 4.25. The first-order chi connectivity index (χ1) is 13.5. The molecule has 3 aromatic carbocycles. The average molecular weight is 378 g/mol. The first-order valence-electron chi connectivity index (χ1n) is 8.92. The summed E-state index contributed by atoms with van der Waals surface area (Å²) in [5.41, 5.74) is 5.61. The molecule has 0 heterocycles. The molecule has 3 rings (SSSR count). The lowest BCUT2D eigenvalue weighted by molar-refractivity contribution is -0.132. The van der Waals surface area contributed by atoms with Gasteiger partial charge in [-0.2, -0.15) is 0 Å². The van der Waals surface area contributed by atoms with Gasteiger partial charge in [-0.25, -0.2) is 0 Å². The molecule has 3 aromatic rings. The van der Waals surface area contributed by atoms with E-state index in [2.05, 4.69) is 10.9 Å². The summed E-state index contributed by atoms with van der Waals surface area (Å²) in [5.74, 6) is 0.552. The van der Waals surface area contributed by atoms with Gasteiger partial charge in [0.2, 0.25) is 5.91 Å². The van der Waals surface area contributed by atoms with Crippen LogP contribution in [-0.2, 0) is 16.0 Å². The van der Waals surface area contributed by atoms with E-state index in [0.29, 0.717) is 5.75 Å². The summed E-state index contributed by atoms with van der Waals surface area (Å²) in [7, 11) is 1.58. The van der Waals surface area contributed by atoms with E-state index in [0.717, 1.165) is 22.1 Å². The minimum atomic E-state index is -0.762. The molecule has 0 radical (unpaired) electrons. The summed E-state index contributed by atoms with van der Waals surface area (Å²) >= 11 is 0. The molecular weight excluding hydrogens is 356 g/mol. The Labute approximate surface area is 163 Å². The Morgan fingerprint density at radius 2 is 1.57 bits per heavy atom. The van der Waals surface area contributed by atoms with Gasteiger partial charge in [-0.3, -0.25) is 20.4 Å². The molecular formula is C22H22N2O4. The molecule has 6 heteroatoms. The molecule has 28 heavy (non-hydrogen) atoms. The fourth-order valence-electron chi connectivity index (χ4n) is 2.70. The van der Waals surface area contributed by atoms with Crippen molar-refractivity contribution >= 4 is 22.6 Å². The molecule has 0 aliphatic heterocycles. The second kappa shape index (κ2) is 8.90. The van der Waals surface area contributed by atoms with Gasteiger partial charge in [0, 0.05) is 0 Å². The number of methoxy groups -OCH3 is 1. The van der Waals surface area contributed by atoms with Gasteiger partial charge in [-0.15, -0.1) is 0 Å². The first-order valence-corrected chi connectivity index (χ1v) is 8.92. The van der Waals surface area contributed by atoms with Crippen molar-refractivity contribution in [3.63, 3.8) is 0 Å². The highest BCUT2D eigenvalue weighted by Gasteiger charge is 2.15. The lowest BCUT2D eigenvalue weighted by atomic mass is 10.1. The van der Waals surface area contributed by atoms with E-state index in [9.17, 15) is 9.59 Å². The second-order valence-electron chi connectivity index (χ2n) is 6.33. The maximum atomic E-state index is 12.2. The molecule has 0 aromatic heterocycles. The van der Waals surface area contributed by atoms with Crippen LogP contribution in [0.5, 0.6) is 11.5 Å². The van der Waals surface area contributed by atoms with E-state index in [1.807, 2.05) is 42.5 Å². The number of carbonyl (C=O) groups is 2. The summed E-state index contributed by atoms with van der Waals surface area (Å²) in [6, 6.07) is 20.7. The van der Waals surface area contributed by atoms with Crippen LogP contribution in [0.2, 0.25) is 0 Å². The number of amides is 2. The summed E-state index contributed by atoms with van der Waals surface area (Å²) in [5, 5.41) is 2.12. The molecule has 6 nitrogen and oxygen atoms in total. The number of rotatable bonds is 6. The van der Waals surface area contributed by atoms with E-state index in [1.54, 1.807) is 38.3 Å². The summed E-state index contributed by atoms with van der Waals surface area (Å²) < 4.78 is 10.8. The van der Waals surface area contributed by atoms with Crippen molar-refractivity contribution in [3.8, 4) is 11.5 Å². The third kappa shape index (κ3) is 5.01. The molecule has 0 bridgehead atoms. The van der Waals surface area contributed by atoms with E-state index in [-0.39, 0.29) is 12.3 Å². The van der Waals surface area contributed by atoms with Crippen LogP contribution in [0.1, 0.15) is 12.5 Å². The van der Waals surface area contributed by atoms with E-state index in [1.165, 1.54) is 0 Å². The normalized spacial score (nSPS) is 11.5. The van der Waals surface area contributed by atoms with Gasteiger partial charge in [-0.1, -0.05) is 42.5 Å². The number of hydrogen-bond donors (Lipinski definition) is 2. The van der Waals surface area contributed by atoms with Gasteiger partial charge in [0.05, 0.1) is 13.5 Å². The SMILES string of the molecule is COc1ccc(CC(=O)NNC(=O)C(C)Oc2ccc3ccccc3c2)cc1. The van der Waals surface area contributed by atoms with Crippen LogP contribution >= 0.6 is 0 Å². The van der Waals surface area contributed by atoms with Crippen LogP contribution in [0.3, 0.4) is 0 Å². The largest absolute Gasteiger partial charge is 0.497 e. The minimum absolute atomic E-state index is 0.143. The molecule has 0 aliphatic rings. The van der Waals surface area contributed by atoms with Crippen LogP contribution < -0.4 is 20.3 Å². The Hall–Kier alpha value is -3.54. The summed E-state index contributed by atoms with van der Waals surface area (Å²) in [4.78, 5) is 24.2. The number of carbonyl (C=O) groups excluding carboxylic acids is 2. The number of hydrogen-bond acceptors (Lipinski definition) is 4. The van der Waals surface area contributed by atoms with Crippen LogP contribution in [0.15, 0.2) is 66.7 Å². The van der Waals surface area contributed by atoms with Crippen molar-refractivity contribution in [1.82, 2.24) is 10.9 Å². The van der Waals surface area contributed by atoms with Crippen LogP contribution in [0.25, 0.3) is 10.8 Å². The van der Waals surface area contributed by atoms with E-state index < -0.39 is 12.0 Å².